The van der Waals surface area contributed by atoms with Crippen molar-refractivity contribution in [3.05, 3.63) is 0 Å². The van der Waals surface area contributed by atoms with E-state index in [1.54, 1.807) is 0 Å². The van der Waals surface area contributed by atoms with Gasteiger partial charge in [-0.05, 0) is 30.6 Å². The molecular formula is C8H14O. The Morgan fingerprint density at radius 1 is 1.56 bits per heavy atom. The zero-order chi connectivity index (χ0) is 6.48. The van der Waals surface area contributed by atoms with Gasteiger partial charge >= 0.3 is 0 Å². The Labute approximate surface area is 56.1 Å². The van der Waals surface area contributed by atoms with Gasteiger partial charge in [0.15, 0.2) is 0 Å². The van der Waals surface area contributed by atoms with Crippen molar-refractivity contribution in [3.8, 4) is 0 Å². The summed E-state index contributed by atoms with van der Waals surface area (Å²) in [6.45, 7) is 2.31. The molecule has 2 saturated carbocycles. The zero-order valence-corrected chi connectivity index (χ0v) is 5.93. The van der Waals surface area contributed by atoms with Crippen LogP contribution in [0, 0.1) is 11.3 Å². The summed E-state index contributed by atoms with van der Waals surface area (Å²) in [5.41, 5.74) is 0.567. The monoisotopic (exact) mass is 126 g/mol. The largest absolute Gasteiger partial charge is 0.393 e. The summed E-state index contributed by atoms with van der Waals surface area (Å²) in [5.74, 6) is 0.672. The van der Waals surface area contributed by atoms with E-state index in [9.17, 15) is 5.11 Å². The van der Waals surface area contributed by atoms with Crippen LogP contribution < -0.4 is 0 Å². The van der Waals surface area contributed by atoms with Gasteiger partial charge in [0, 0.05) is 0 Å². The van der Waals surface area contributed by atoms with Gasteiger partial charge in [0.1, 0.15) is 0 Å². The van der Waals surface area contributed by atoms with Crippen LogP contribution in [0.15, 0.2) is 0 Å². The third-order valence-electron chi connectivity index (χ3n) is 3.13. The highest BCUT2D eigenvalue weighted by Crippen LogP contribution is 2.60. The maximum atomic E-state index is 9.38. The van der Waals surface area contributed by atoms with Crippen LogP contribution >= 0.6 is 0 Å². The van der Waals surface area contributed by atoms with Crippen molar-refractivity contribution in [2.45, 2.75) is 38.7 Å². The Kier molecular flexibility index (Phi) is 0.963. The minimum absolute atomic E-state index is 0.0451. The van der Waals surface area contributed by atoms with Crippen molar-refractivity contribution in [1.82, 2.24) is 0 Å². The van der Waals surface area contributed by atoms with Crippen LogP contribution in [0.3, 0.4) is 0 Å². The number of hydrogen-bond acceptors (Lipinski definition) is 1. The molecule has 0 amide bonds. The van der Waals surface area contributed by atoms with Crippen molar-refractivity contribution >= 4 is 0 Å². The summed E-state index contributed by atoms with van der Waals surface area (Å²) in [4.78, 5) is 0. The van der Waals surface area contributed by atoms with Crippen LogP contribution in [0.2, 0.25) is 0 Å². The fourth-order valence-electron chi connectivity index (χ4n) is 2.25. The first-order valence-electron chi connectivity index (χ1n) is 3.90. The molecule has 0 spiro atoms. The topological polar surface area (TPSA) is 20.2 Å². The second-order valence-electron chi connectivity index (χ2n) is 3.92. The SMILES string of the molecule is C[C@]12CCC[C@H](O)[C@@H]1C2. The predicted molar refractivity (Wildman–Crippen MR) is 36.1 cm³/mol. The van der Waals surface area contributed by atoms with Crippen molar-refractivity contribution in [2.24, 2.45) is 11.3 Å². The summed E-state index contributed by atoms with van der Waals surface area (Å²) in [6, 6.07) is 0. The molecule has 0 aromatic rings. The average Bonchev–Trinajstić information content (AvgIpc) is 2.43. The fraction of sp³-hybridized carbons (Fsp3) is 1.00. The third-order valence-corrected chi connectivity index (χ3v) is 3.13. The molecule has 0 unspecified atom stereocenters. The molecule has 52 valence electrons. The molecule has 0 aromatic carbocycles. The third kappa shape index (κ3) is 0.710. The normalized spacial score (nSPS) is 56.7. The van der Waals surface area contributed by atoms with Crippen molar-refractivity contribution < 1.29 is 5.11 Å². The second kappa shape index (κ2) is 1.51. The molecule has 9 heavy (non-hydrogen) atoms. The Hall–Kier alpha value is -0.0400. The van der Waals surface area contributed by atoms with Crippen molar-refractivity contribution in [2.75, 3.05) is 0 Å². The molecule has 0 aliphatic heterocycles. The maximum Gasteiger partial charge on any atom is 0.0573 e. The lowest BCUT2D eigenvalue weighted by Gasteiger charge is -2.21. The number of aliphatic hydroxyl groups excluding tert-OH is 1. The molecule has 3 atom stereocenters. The molecule has 0 heterocycles. The molecule has 2 fully saturated rings. The maximum absolute atomic E-state index is 9.38. The van der Waals surface area contributed by atoms with E-state index < -0.39 is 0 Å². The summed E-state index contributed by atoms with van der Waals surface area (Å²) in [5, 5.41) is 9.38. The molecule has 2 rings (SSSR count). The lowest BCUT2D eigenvalue weighted by molar-refractivity contribution is 0.0977. The molecule has 0 bridgehead atoms. The zero-order valence-electron chi connectivity index (χ0n) is 5.93. The minimum atomic E-state index is 0.0451. The Balaban J connectivity index is 2.07. The first-order chi connectivity index (χ1) is 4.22. The number of fused-ring (bicyclic) bond motifs is 1. The summed E-state index contributed by atoms with van der Waals surface area (Å²) in [7, 11) is 0. The first kappa shape index (κ1) is 5.72. The Bertz CT molecular complexity index is 133. The van der Waals surface area contributed by atoms with Gasteiger partial charge in [0.25, 0.3) is 0 Å². The fourth-order valence-corrected chi connectivity index (χ4v) is 2.25. The highest BCUT2D eigenvalue weighted by atomic mass is 16.3. The summed E-state index contributed by atoms with van der Waals surface area (Å²) >= 11 is 0. The average molecular weight is 126 g/mol. The molecule has 1 N–H and O–H groups in total. The van der Waals surface area contributed by atoms with E-state index in [-0.39, 0.29) is 6.10 Å². The van der Waals surface area contributed by atoms with Gasteiger partial charge in [-0.15, -0.1) is 0 Å². The number of aliphatic hydroxyl groups is 1. The molecule has 0 radical (unpaired) electrons. The Morgan fingerprint density at radius 2 is 2.33 bits per heavy atom. The van der Waals surface area contributed by atoms with Gasteiger partial charge in [-0.1, -0.05) is 13.3 Å². The van der Waals surface area contributed by atoms with E-state index in [1.807, 2.05) is 0 Å². The van der Waals surface area contributed by atoms with E-state index in [1.165, 1.54) is 19.3 Å². The lowest BCUT2D eigenvalue weighted by Crippen LogP contribution is -2.19. The van der Waals surface area contributed by atoms with Gasteiger partial charge < -0.3 is 5.11 Å². The molecule has 0 saturated heterocycles. The quantitative estimate of drug-likeness (QED) is 0.522. The van der Waals surface area contributed by atoms with E-state index in [0.29, 0.717) is 11.3 Å². The molecule has 1 nitrogen and oxygen atoms in total. The first-order valence-corrected chi connectivity index (χ1v) is 3.90. The van der Waals surface area contributed by atoms with Gasteiger partial charge in [-0.2, -0.15) is 0 Å². The summed E-state index contributed by atoms with van der Waals surface area (Å²) < 4.78 is 0. The van der Waals surface area contributed by atoms with Crippen molar-refractivity contribution in [1.29, 1.82) is 0 Å². The molecule has 2 aliphatic rings. The molecule has 1 heteroatoms. The van der Waals surface area contributed by atoms with Crippen LogP contribution in [0.1, 0.15) is 32.6 Å². The van der Waals surface area contributed by atoms with Gasteiger partial charge in [-0.25, -0.2) is 0 Å². The standard InChI is InChI=1S/C8H14O/c1-8-4-2-3-7(9)6(8)5-8/h6-7,9H,2-5H2,1H3/t6-,7-,8+/m0/s1. The van der Waals surface area contributed by atoms with Gasteiger partial charge in [0.05, 0.1) is 6.10 Å². The predicted octanol–water partition coefficient (Wildman–Crippen LogP) is 1.56. The number of hydrogen-bond donors (Lipinski definition) is 1. The molecular weight excluding hydrogens is 112 g/mol. The highest BCUT2D eigenvalue weighted by molar-refractivity contribution is 5.04. The Morgan fingerprint density at radius 3 is 2.89 bits per heavy atom. The van der Waals surface area contributed by atoms with Gasteiger partial charge in [0.2, 0.25) is 0 Å². The van der Waals surface area contributed by atoms with E-state index >= 15 is 0 Å². The molecule has 0 aromatic heterocycles. The van der Waals surface area contributed by atoms with Crippen LogP contribution in [0.25, 0.3) is 0 Å². The minimum Gasteiger partial charge on any atom is -0.393 e. The number of rotatable bonds is 0. The molecule has 2 aliphatic carbocycles. The van der Waals surface area contributed by atoms with Crippen LogP contribution in [0.4, 0.5) is 0 Å². The highest BCUT2D eigenvalue weighted by Gasteiger charge is 2.54. The van der Waals surface area contributed by atoms with E-state index in [0.717, 1.165) is 6.42 Å². The smallest absolute Gasteiger partial charge is 0.0573 e. The van der Waals surface area contributed by atoms with Crippen LogP contribution in [-0.4, -0.2) is 11.2 Å². The summed E-state index contributed by atoms with van der Waals surface area (Å²) in [6.07, 6.45) is 4.99. The van der Waals surface area contributed by atoms with Crippen molar-refractivity contribution in [3.63, 3.8) is 0 Å². The van der Waals surface area contributed by atoms with E-state index in [2.05, 4.69) is 6.92 Å². The van der Waals surface area contributed by atoms with Gasteiger partial charge in [-0.3, -0.25) is 0 Å². The van der Waals surface area contributed by atoms with Crippen LogP contribution in [0.5, 0.6) is 0 Å². The lowest BCUT2D eigenvalue weighted by atomic mass is 9.88. The van der Waals surface area contributed by atoms with Crippen LogP contribution in [-0.2, 0) is 0 Å². The van der Waals surface area contributed by atoms with E-state index in [4.69, 9.17) is 0 Å². The second-order valence-corrected chi connectivity index (χ2v) is 3.92.